The molecule has 35 heavy (non-hydrogen) atoms. The molecule has 0 fully saturated rings. The third-order valence-corrected chi connectivity index (χ3v) is 5.03. The summed E-state index contributed by atoms with van der Waals surface area (Å²) in [7, 11) is 0. The average molecular weight is 481 g/mol. The van der Waals surface area contributed by atoms with Crippen molar-refractivity contribution in [2.24, 2.45) is 11.5 Å². The first-order valence-corrected chi connectivity index (χ1v) is 9.43. The predicted octanol–water partition coefficient (Wildman–Crippen LogP) is 2.11. The molecule has 4 aromatic rings. The number of rotatable bonds is 4. The van der Waals surface area contributed by atoms with E-state index in [4.69, 9.17) is 0 Å². The summed E-state index contributed by atoms with van der Waals surface area (Å²) in [5.41, 5.74) is 5.98. The van der Waals surface area contributed by atoms with E-state index in [1.807, 2.05) is 0 Å². The minimum absolute atomic E-state index is 0.0308. The van der Waals surface area contributed by atoms with Gasteiger partial charge in [-0.15, -0.1) is 0 Å². The van der Waals surface area contributed by atoms with E-state index in [0.717, 1.165) is 0 Å². The molecule has 4 amide bonds. The Morgan fingerprint density at radius 2 is 1.14 bits per heavy atom. The highest BCUT2D eigenvalue weighted by Gasteiger charge is 2.32. The van der Waals surface area contributed by atoms with Gasteiger partial charge in [0.25, 0.3) is 0 Å². The van der Waals surface area contributed by atoms with Gasteiger partial charge in [0.2, 0.25) is 0 Å². The van der Waals surface area contributed by atoms with Crippen molar-refractivity contribution in [2.45, 2.75) is 0 Å². The molecule has 0 saturated carbocycles. The van der Waals surface area contributed by atoms with Crippen molar-refractivity contribution in [3.63, 3.8) is 0 Å². The molecule has 0 bridgehead atoms. The van der Waals surface area contributed by atoms with Crippen LogP contribution < -0.4 is 16.8 Å². The van der Waals surface area contributed by atoms with Gasteiger partial charge < -0.3 is 31.9 Å². The summed E-state index contributed by atoms with van der Waals surface area (Å²) in [6.45, 7) is 0. The smallest absolute Gasteiger partial charge is 0.337 e. The van der Waals surface area contributed by atoms with Crippen LogP contribution >= 0.6 is 0 Å². The first-order chi connectivity index (χ1) is 16.4. The molecule has 0 unspecified atom stereocenters. The maximum Gasteiger partial charge on any atom is 0.337 e. The number of carbonyl (C=O) groups is 6. The molecular weight excluding hydrogens is 466 g/mol. The van der Waals surface area contributed by atoms with Crippen molar-refractivity contribution >= 4 is 68.3 Å². The van der Waals surface area contributed by atoms with Gasteiger partial charge in [-0.1, -0.05) is 30.3 Å². The summed E-state index contributed by atoms with van der Waals surface area (Å²) in [6, 6.07) is 7.38. The second-order valence-electron chi connectivity index (χ2n) is 7.07. The molecule has 9 N–H and O–H groups in total. The molecule has 0 spiro atoms. The second-order valence-corrected chi connectivity index (χ2v) is 7.07. The number of nitrogens with two attached hydrogens (primary N) is 2. The Labute approximate surface area is 193 Å². The van der Waals surface area contributed by atoms with Crippen LogP contribution in [0.25, 0.3) is 32.3 Å². The standard InChI is InChI=1S/C20H10O8.C2H5N3O2/c21-17(22)10-6-8-3-1-2-7-4-5-9-12(11(7)8)13(10)15(19(25)26)16(20(27)28)14(9)18(23)24;3-1(6)5-2(4)7/h1-6H,(H,21,22)(H,23,24)(H,25,26)(H,27,28);(H5,3,4,5,6,7). The van der Waals surface area contributed by atoms with Crippen molar-refractivity contribution in [2.75, 3.05) is 0 Å². The lowest BCUT2D eigenvalue weighted by molar-refractivity contribution is 0.0635. The predicted molar refractivity (Wildman–Crippen MR) is 120 cm³/mol. The normalized spacial score (nSPS) is 10.5. The number of carboxylic acid groups (broad SMARTS) is 4. The van der Waals surface area contributed by atoms with E-state index >= 15 is 0 Å². The molecule has 0 saturated heterocycles. The molecule has 4 rings (SSSR count). The minimum atomic E-state index is -1.77. The summed E-state index contributed by atoms with van der Waals surface area (Å²) >= 11 is 0. The lowest BCUT2D eigenvalue weighted by Gasteiger charge is -2.18. The number of nitrogens with one attached hydrogen (secondary N) is 1. The lowest BCUT2D eigenvalue weighted by atomic mass is 9.83. The Hall–Kier alpha value is -5.46. The molecule has 13 heteroatoms. The van der Waals surface area contributed by atoms with Gasteiger partial charge in [-0.25, -0.2) is 28.8 Å². The first-order valence-electron chi connectivity index (χ1n) is 9.43. The molecule has 0 aliphatic rings. The average Bonchev–Trinajstić information content (AvgIpc) is 2.74. The Morgan fingerprint density at radius 1 is 0.600 bits per heavy atom. The number of hydrogen-bond acceptors (Lipinski definition) is 6. The molecule has 0 aromatic heterocycles. The Bertz CT molecular complexity index is 1580. The van der Waals surface area contributed by atoms with E-state index in [2.05, 4.69) is 11.5 Å². The Morgan fingerprint density at radius 3 is 1.60 bits per heavy atom. The fourth-order valence-corrected chi connectivity index (χ4v) is 3.94. The minimum Gasteiger partial charge on any atom is -0.478 e. The number of benzene rings is 4. The zero-order chi connectivity index (χ0) is 26.2. The maximum absolute atomic E-state index is 12.0. The SMILES string of the molecule is NC(=O)NC(N)=O.O=C(O)c1c(C(=O)O)c2ccc3cccc4cc(C(=O)O)c(c1C(=O)O)c2c34. The number of urea groups is 2. The molecule has 0 aliphatic carbocycles. The van der Waals surface area contributed by atoms with Crippen LogP contribution in [-0.2, 0) is 0 Å². The van der Waals surface area contributed by atoms with E-state index in [9.17, 15) is 49.2 Å². The van der Waals surface area contributed by atoms with Gasteiger partial charge in [0.1, 0.15) is 0 Å². The Balaban J connectivity index is 0.000000429. The van der Waals surface area contributed by atoms with E-state index in [1.54, 1.807) is 29.6 Å². The van der Waals surface area contributed by atoms with Crippen molar-refractivity contribution < 1.29 is 49.2 Å². The van der Waals surface area contributed by atoms with Crippen LogP contribution in [0.15, 0.2) is 36.4 Å². The third-order valence-electron chi connectivity index (χ3n) is 5.03. The molecule has 178 valence electrons. The first kappa shape index (κ1) is 24.2. The number of carbonyl (C=O) groups excluding carboxylic acids is 2. The number of carboxylic acids is 4. The number of hydrogen-bond donors (Lipinski definition) is 7. The fraction of sp³-hybridized carbons (Fsp3) is 0. The van der Waals surface area contributed by atoms with Crippen LogP contribution in [0, 0.1) is 0 Å². The van der Waals surface area contributed by atoms with Crippen LogP contribution in [-0.4, -0.2) is 56.4 Å². The summed E-state index contributed by atoms with van der Waals surface area (Å²) in [6.07, 6.45) is 0. The quantitative estimate of drug-likeness (QED) is 0.209. The molecular formula is C22H15N3O10. The van der Waals surface area contributed by atoms with Crippen molar-refractivity contribution in [3.8, 4) is 0 Å². The van der Waals surface area contributed by atoms with Crippen molar-refractivity contribution in [3.05, 3.63) is 58.7 Å². The zero-order valence-corrected chi connectivity index (χ0v) is 17.4. The highest BCUT2D eigenvalue weighted by Crippen LogP contribution is 2.41. The highest BCUT2D eigenvalue weighted by molar-refractivity contribution is 6.34. The summed E-state index contributed by atoms with van der Waals surface area (Å²) in [5, 5.41) is 41.6. The van der Waals surface area contributed by atoms with Gasteiger partial charge in [-0.2, -0.15) is 0 Å². The molecule has 0 radical (unpaired) electrons. The van der Waals surface area contributed by atoms with Gasteiger partial charge >= 0.3 is 35.9 Å². The van der Waals surface area contributed by atoms with Gasteiger partial charge in [-0.3, -0.25) is 5.32 Å². The zero-order valence-electron chi connectivity index (χ0n) is 17.4. The number of imide groups is 1. The van der Waals surface area contributed by atoms with Crippen LogP contribution in [0.1, 0.15) is 41.4 Å². The van der Waals surface area contributed by atoms with E-state index in [0.29, 0.717) is 16.2 Å². The summed E-state index contributed by atoms with van der Waals surface area (Å²) < 4.78 is 0. The van der Waals surface area contributed by atoms with E-state index in [-0.39, 0.29) is 16.2 Å². The van der Waals surface area contributed by atoms with Crippen LogP contribution in [0.5, 0.6) is 0 Å². The van der Waals surface area contributed by atoms with Gasteiger partial charge in [-0.05, 0) is 33.0 Å². The highest BCUT2D eigenvalue weighted by atomic mass is 16.4. The number of aromatic carboxylic acids is 4. The van der Waals surface area contributed by atoms with Gasteiger partial charge in [0, 0.05) is 5.39 Å². The maximum atomic E-state index is 12.0. The van der Waals surface area contributed by atoms with Crippen LogP contribution in [0.4, 0.5) is 9.59 Å². The number of amides is 4. The van der Waals surface area contributed by atoms with Crippen LogP contribution in [0.3, 0.4) is 0 Å². The topological polar surface area (TPSA) is 247 Å². The van der Waals surface area contributed by atoms with Crippen LogP contribution in [0.2, 0.25) is 0 Å². The fourth-order valence-electron chi connectivity index (χ4n) is 3.94. The third kappa shape index (κ3) is 4.16. The molecule has 0 heterocycles. The largest absolute Gasteiger partial charge is 0.478 e. The molecule has 13 nitrogen and oxygen atoms in total. The molecule has 4 aromatic carbocycles. The second kappa shape index (κ2) is 8.82. The van der Waals surface area contributed by atoms with E-state index < -0.39 is 58.2 Å². The Kier molecular flexibility index (Phi) is 6.10. The molecule has 0 aliphatic heterocycles. The monoisotopic (exact) mass is 481 g/mol. The summed E-state index contributed by atoms with van der Waals surface area (Å²) in [5.74, 6) is -6.55. The van der Waals surface area contributed by atoms with Gasteiger partial charge in [0.05, 0.1) is 22.3 Å². The number of primary amides is 2. The molecule has 0 atom stereocenters. The van der Waals surface area contributed by atoms with Crippen molar-refractivity contribution in [1.82, 2.24) is 5.32 Å². The van der Waals surface area contributed by atoms with Gasteiger partial charge in [0.15, 0.2) is 0 Å². The lowest BCUT2D eigenvalue weighted by Crippen LogP contribution is -2.38. The van der Waals surface area contributed by atoms with E-state index in [1.165, 1.54) is 12.1 Å². The van der Waals surface area contributed by atoms with Crippen molar-refractivity contribution in [1.29, 1.82) is 0 Å². The summed E-state index contributed by atoms with van der Waals surface area (Å²) in [4.78, 5) is 66.8.